The molecule has 0 saturated heterocycles. The number of ether oxygens (including phenoxy) is 1. The smallest absolute Gasteiger partial charge is 0.223 e. The summed E-state index contributed by atoms with van der Waals surface area (Å²) in [5.74, 6) is 1.04. The third-order valence-corrected chi connectivity index (χ3v) is 1.80. The van der Waals surface area contributed by atoms with E-state index >= 15 is 0 Å². The Bertz CT molecular complexity index is 433. The van der Waals surface area contributed by atoms with E-state index in [4.69, 9.17) is 4.74 Å². The summed E-state index contributed by atoms with van der Waals surface area (Å²) in [6.45, 7) is 0. The average molecular weight is 284 g/mol. The Hall–Kier alpha value is -1.75. The van der Waals surface area contributed by atoms with Crippen LogP contribution in [0.1, 0.15) is 0 Å². The molecule has 4 nitrogen and oxygen atoms in total. The number of pyridine rings is 1. The number of hydrogen-bond acceptors (Lipinski definition) is 3. The van der Waals surface area contributed by atoms with Gasteiger partial charge < -0.3 is 15.1 Å². The first-order valence-corrected chi connectivity index (χ1v) is 4.40. The topological polar surface area (TPSA) is 56.4 Å². The fourth-order valence-electron chi connectivity index (χ4n) is 1.18. The Morgan fingerprint density at radius 2 is 1.88 bits per heavy atom. The molecule has 0 aliphatic rings. The molecule has 0 amide bonds. The van der Waals surface area contributed by atoms with Crippen LogP contribution in [0.15, 0.2) is 48.8 Å². The summed E-state index contributed by atoms with van der Waals surface area (Å²) in [6.07, 6.45) is 2.68. The van der Waals surface area contributed by atoms with E-state index in [-0.39, 0.29) is 22.7 Å². The summed E-state index contributed by atoms with van der Waals surface area (Å²) < 4.78 is 6.01. The molecule has 16 heavy (non-hydrogen) atoms. The normalized spacial score (nSPS) is 9.25. The van der Waals surface area contributed by atoms with Gasteiger partial charge in [0.1, 0.15) is 11.5 Å². The zero-order chi connectivity index (χ0) is 10.7. The van der Waals surface area contributed by atoms with E-state index in [1.807, 2.05) is 0 Å². The van der Waals surface area contributed by atoms with Crippen LogP contribution in [-0.4, -0.2) is 5.11 Å². The number of aromatic nitrogens is 1. The fourth-order valence-corrected chi connectivity index (χ4v) is 1.18. The summed E-state index contributed by atoms with van der Waals surface area (Å²) in [7, 11) is 0. The quantitative estimate of drug-likeness (QED) is 0.680. The number of rotatable bonds is 2. The minimum absolute atomic E-state index is 0. The first-order chi connectivity index (χ1) is 7.24. The summed E-state index contributed by atoms with van der Waals surface area (Å²) in [6, 6.07) is 9.64. The van der Waals surface area contributed by atoms with Crippen molar-refractivity contribution in [2.24, 2.45) is 0 Å². The second-order valence-electron chi connectivity index (χ2n) is 3.00. The zero-order valence-corrected chi connectivity index (χ0v) is 9.95. The Balaban J connectivity index is 0.00000128. The van der Waals surface area contributed by atoms with Crippen LogP contribution in [0.5, 0.6) is 17.2 Å². The molecule has 0 aliphatic carbocycles. The number of nitrogens with zero attached hydrogens (tertiary/aromatic N) is 1. The van der Waals surface area contributed by atoms with Crippen molar-refractivity contribution in [3.8, 4) is 17.2 Å². The van der Waals surface area contributed by atoms with Gasteiger partial charge in [-0.15, -0.1) is 17.0 Å². The summed E-state index contributed by atoms with van der Waals surface area (Å²) in [5, 5.41) is 20.1. The van der Waals surface area contributed by atoms with Crippen LogP contribution in [0.25, 0.3) is 0 Å². The molecule has 2 aromatic rings. The minimum Gasteiger partial charge on any atom is -0.619 e. The third-order valence-electron chi connectivity index (χ3n) is 1.80. The highest BCUT2D eigenvalue weighted by Gasteiger charge is 2.00. The third kappa shape index (κ3) is 3.13. The Morgan fingerprint density at radius 1 is 1.12 bits per heavy atom. The predicted octanol–water partition coefficient (Wildman–Crippen LogP) is 2.40. The first kappa shape index (κ1) is 12.3. The van der Waals surface area contributed by atoms with Crippen LogP contribution in [-0.2, 0) is 0 Å². The zero-order valence-electron chi connectivity index (χ0n) is 8.24. The van der Waals surface area contributed by atoms with Crippen LogP contribution in [0.2, 0.25) is 0 Å². The van der Waals surface area contributed by atoms with Crippen LogP contribution in [0.4, 0.5) is 0 Å². The lowest BCUT2D eigenvalue weighted by Crippen LogP contribution is -2.23. The lowest BCUT2D eigenvalue weighted by molar-refractivity contribution is -0.605. The molecular weight excluding hydrogens is 274 g/mol. The maximum absolute atomic E-state index is 10.9. The highest BCUT2D eigenvalue weighted by molar-refractivity contribution is 8.93. The molecule has 0 saturated carbocycles. The highest BCUT2D eigenvalue weighted by atomic mass is 79.9. The minimum atomic E-state index is 0. The van der Waals surface area contributed by atoms with Crippen LogP contribution in [0.3, 0.4) is 0 Å². The molecule has 0 radical (unpaired) electrons. The van der Waals surface area contributed by atoms with Crippen LogP contribution >= 0.6 is 17.0 Å². The lowest BCUT2D eigenvalue weighted by atomic mass is 10.3. The van der Waals surface area contributed by atoms with E-state index in [1.165, 1.54) is 18.5 Å². The second kappa shape index (κ2) is 5.37. The van der Waals surface area contributed by atoms with E-state index in [0.29, 0.717) is 16.2 Å². The van der Waals surface area contributed by atoms with E-state index in [0.717, 1.165) is 0 Å². The molecule has 1 N–H and O–H groups in total. The van der Waals surface area contributed by atoms with Crippen molar-refractivity contribution >= 4 is 17.0 Å². The van der Waals surface area contributed by atoms with E-state index in [1.54, 1.807) is 30.3 Å². The number of aromatic hydroxyl groups is 1. The monoisotopic (exact) mass is 283 g/mol. The van der Waals surface area contributed by atoms with Gasteiger partial charge in [-0.3, -0.25) is 0 Å². The number of benzene rings is 1. The van der Waals surface area contributed by atoms with Crippen molar-refractivity contribution in [3.63, 3.8) is 0 Å². The molecule has 0 unspecified atom stereocenters. The van der Waals surface area contributed by atoms with Crippen LogP contribution in [0, 0.1) is 5.21 Å². The van der Waals surface area contributed by atoms with E-state index in [9.17, 15) is 10.3 Å². The first-order valence-electron chi connectivity index (χ1n) is 4.40. The number of hydrogen-bond donors (Lipinski definition) is 1. The van der Waals surface area contributed by atoms with E-state index in [2.05, 4.69) is 0 Å². The maximum Gasteiger partial charge on any atom is 0.223 e. The van der Waals surface area contributed by atoms with Crippen molar-refractivity contribution in [2.75, 3.05) is 0 Å². The SMILES string of the molecule is Br.[O-][n+]1cccc(Oc2cccc(O)c2)c1. The summed E-state index contributed by atoms with van der Waals surface area (Å²) in [5.41, 5.74) is 0. The molecule has 0 aliphatic heterocycles. The molecule has 0 atom stereocenters. The lowest BCUT2D eigenvalue weighted by Gasteiger charge is -2.04. The molecule has 1 aromatic heterocycles. The van der Waals surface area contributed by atoms with Gasteiger partial charge in [-0.05, 0) is 18.2 Å². The van der Waals surface area contributed by atoms with Gasteiger partial charge in [0, 0.05) is 12.1 Å². The molecule has 1 aromatic carbocycles. The highest BCUT2D eigenvalue weighted by Crippen LogP contribution is 2.23. The van der Waals surface area contributed by atoms with Crippen molar-refractivity contribution in [3.05, 3.63) is 54.0 Å². The maximum atomic E-state index is 10.9. The molecule has 5 heteroatoms. The van der Waals surface area contributed by atoms with Gasteiger partial charge in [0.2, 0.25) is 6.20 Å². The fraction of sp³-hybridized carbons (Fsp3) is 0. The molecule has 0 bridgehead atoms. The largest absolute Gasteiger partial charge is 0.619 e. The number of halogens is 1. The van der Waals surface area contributed by atoms with Crippen molar-refractivity contribution in [1.29, 1.82) is 0 Å². The predicted molar refractivity (Wildman–Crippen MR) is 63.9 cm³/mol. The van der Waals surface area contributed by atoms with Gasteiger partial charge in [-0.1, -0.05) is 6.07 Å². The number of phenols is 1. The van der Waals surface area contributed by atoms with Crippen molar-refractivity contribution < 1.29 is 14.6 Å². The Kier molecular flexibility index (Phi) is 4.13. The Morgan fingerprint density at radius 3 is 2.56 bits per heavy atom. The van der Waals surface area contributed by atoms with Gasteiger partial charge in [0.25, 0.3) is 0 Å². The van der Waals surface area contributed by atoms with Gasteiger partial charge in [-0.2, -0.15) is 4.73 Å². The molecule has 1 heterocycles. The van der Waals surface area contributed by atoms with Gasteiger partial charge in [0.05, 0.1) is 0 Å². The molecular formula is C11H10BrNO3. The molecule has 0 fully saturated rings. The molecule has 84 valence electrons. The van der Waals surface area contributed by atoms with Gasteiger partial charge >= 0.3 is 0 Å². The molecule has 0 spiro atoms. The standard InChI is InChI=1S/C11H9NO3.BrH/c13-9-3-1-4-10(7-9)15-11-5-2-6-12(14)8-11;/h1-8,13H;1H. The van der Waals surface area contributed by atoms with Gasteiger partial charge in [0.15, 0.2) is 11.9 Å². The average Bonchev–Trinajstić information content (AvgIpc) is 2.17. The van der Waals surface area contributed by atoms with E-state index < -0.39 is 0 Å². The van der Waals surface area contributed by atoms with Crippen molar-refractivity contribution in [1.82, 2.24) is 0 Å². The second-order valence-corrected chi connectivity index (χ2v) is 3.00. The Labute approximate surface area is 103 Å². The van der Waals surface area contributed by atoms with Gasteiger partial charge in [-0.25, -0.2) is 0 Å². The summed E-state index contributed by atoms with van der Waals surface area (Å²) in [4.78, 5) is 0. The summed E-state index contributed by atoms with van der Waals surface area (Å²) >= 11 is 0. The van der Waals surface area contributed by atoms with Crippen LogP contribution < -0.4 is 9.47 Å². The molecule has 2 rings (SSSR count). The van der Waals surface area contributed by atoms with Crippen molar-refractivity contribution in [2.45, 2.75) is 0 Å². The number of phenolic OH excluding ortho intramolecular Hbond substituents is 1.